The summed E-state index contributed by atoms with van der Waals surface area (Å²) >= 11 is 0. The minimum absolute atomic E-state index is 0.258. The first-order valence-corrected chi connectivity index (χ1v) is 9.77. The predicted molar refractivity (Wildman–Crippen MR) is 109 cm³/mol. The molecule has 1 aromatic heterocycles. The minimum Gasteiger partial charge on any atom is -0.497 e. The van der Waals surface area contributed by atoms with E-state index in [2.05, 4.69) is 26.9 Å². The Hall–Kier alpha value is -2.89. The Morgan fingerprint density at radius 3 is 2.71 bits per heavy atom. The van der Waals surface area contributed by atoms with Crippen LogP contribution in [-0.4, -0.2) is 42.8 Å². The predicted octanol–water partition coefficient (Wildman–Crippen LogP) is 3.88. The van der Waals surface area contributed by atoms with Gasteiger partial charge >= 0.3 is 0 Å². The number of ether oxygens (including phenoxy) is 1. The Balaban J connectivity index is 1.42. The molecule has 0 N–H and O–H groups in total. The molecule has 28 heavy (non-hydrogen) atoms. The average molecular weight is 378 g/mol. The van der Waals surface area contributed by atoms with Crippen LogP contribution in [0.15, 0.2) is 48.7 Å². The molecule has 2 bridgehead atoms. The number of methoxy groups -OCH3 is 1. The molecule has 0 amide bonds. The van der Waals surface area contributed by atoms with E-state index in [1.807, 2.05) is 12.1 Å². The number of aromatic nitrogens is 2. The van der Waals surface area contributed by atoms with Crippen LogP contribution >= 0.6 is 0 Å². The first kappa shape index (κ1) is 17.2. The smallest absolute Gasteiger partial charge is 0.225 e. The van der Waals surface area contributed by atoms with Crippen LogP contribution in [0, 0.1) is 11.7 Å². The van der Waals surface area contributed by atoms with Gasteiger partial charge in [-0.2, -0.15) is 0 Å². The fourth-order valence-corrected chi connectivity index (χ4v) is 4.48. The molecule has 0 unspecified atom stereocenters. The van der Waals surface area contributed by atoms with Crippen molar-refractivity contribution in [2.24, 2.45) is 5.92 Å². The molecule has 3 saturated heterocycles. The van der Waals surface area contributed by atoms with Crippen LogP contribution in [0.4, 0.5) is 16.0 Å². The Morgan fingerprint density at radius 2 is 1.89 bits per heavy atom. The van der Waals surface area contributed by atoms with Gasteiger partial charge in [0.15, 0.2) is 0 Å². The fraction of sp³-hybridized carbons (Fsp3) is 0.364. The summed E-state index contributed by atoms with van der Waals surface area (Å²) in [5.74, 6) is 1.94. The van der Waals surface area contributed by atoms with Crippen LogP contribution in [-0.2, 0) is 0 Å². The van der Waals surface area contributed by atoms with E-state index in [0.717, 1.165) is 42.2 Å². The highest BCUT2D eigenvalue weighted by molar-refractivity contribution is 5.78. The summed E-state index contributed by atoms with van der Waals surface area (Å²) in [6.07, 6.45) is 4.13. The van der Waals surface area contributed by atoms with Gasteiger partial charge in [0.1, 0.15) is 11.6 Å². The van der Waals surface area contributed by atoms with Gasteiger partial charge in [-0.25, -0.2) is 14.4 Å². The van der Waals surface area contributed by atoms with Crippen molar-refractivity contribution in [3.05, 3.63) is 54.5 Å². The van der Waals surface area contributed by atoms with Gasteiger partial charge < -0.3 is 14.5 Å². The van der Waals surface area contributed by atoms with Crippen molar-refractivity contribution in [1.82, 2.24) is 9.97 Å². The second-order valence-electron chi connectivity index (χ2n) is 7.73. The van der Waals surface area contributed by atoms with Gasteiger partial charge in [0.2, 0.25) is 5.95 Å². The molecule has 144 valence electrons. The number of hydrogen-bond donors (Lipinski definition) is 0. The lowest BCUT2D eigenvalue weighted by Crippen LogP contribution is -2.44. The molecule has 0 spiro atoms. The van der Waals surface area contributed by atoms with Gasteiger partial charge in [-0.05, 0) is 61.2 Å². The zero-order valence-corrected chi connectivity index (χ0v) is 15.9. The van der Waals surface area contributed by atoms with Crippen molar-refractivity contribution >= 4 is 22.5 Å². The van der Waals surface area contributed by atoms with Crippen LogP contribution < -0.4 is 14.5 Å². The van der Waals surface area contributed by atoms with Crippen LogP contribution in [0.5, 0.6) is 5.75 Å². The number of piperidine rings is 1. The summed E-state index contributed by atoms with van der Waals surface area (Å²) in [6.45, 7) is 2.90. The monoisotopic (exact) mass is 378 g/mol. The molecule has 2 atom stereocenters. The topological polar surface area (TPSA) is 41.5 Å². The molecule has 4 heterocycles. The van der Waals surface area contributed by atoms with Gasteiger partial charge in [0.05, 0.1) is 12.6 Å². The number of benzene rings is 2. The highest BCUT2D eigenvalue weighted by atomic mass is 19.1. The lowest BCUT2D eigenvalue weighted by Gasteiger charge is -2.38. The fourth-order valence-electron chi connectivity index (χ4n) is 4.48. The lowest BCUT2D eigenvalue weighted by atomic mass is 9.94. The van der Waals surface area contributed by atoms with E-state index in [1.54, 1.807) is 19.4 Å². The third kappa shape index (κ3) is 3.13. The van der Waals surface area contributed by atoms with E-state index in [-0.39, 0.29) is 5.82 Å². The molecule has 0 saturated carbocycles. The second-order valence-corrected chi connectivity index (χ2v) is 7.73. The molecule has 3 aliphatic rings. The maximum absolute atomic E-state index is 13.4. The molecule has 3 aromatic rings. The van der Waals surface area contributed by atoms with Crippen LogP contribution in [0.1, 0.15) is 12.8 Å². The van der Waals surface area contributed by atoms with Gasteiger partial charge in [0.25, 0.3) is 0 Å². The minimum atomic E-state index is -0.258. The Morgan fingerprint density at radius 1 is 1.04 bits per heavy atom. The van der Waals surface area contributed by atoms with E-state index in [1.165, 1.54) is 30.7 Å². The van der Waals surface area contributed by atoms with Crippen LogP contribution in [0.2, 0.25) is 0 Å². The first-order valence-electron chi connectivity index (χ1n) is 9.77. The molecule has 5 nitrogen and oxygen atoms in total. The quantitative estimate of drug-likeness (QED) is 0.692. The van der Waals surface area contributed by atoms with Crippen molar-refractivity contribution in [2.45, 2.75) is 18.9 Å². The summed E-state index contributed by atoms with van der Waals surface area (Å²) in [5, 5.41) is 0.737. The highest BCUT2D eigenvalue weighted by Gasteiger charge is 2.35. The molecular weight excluding hydrogens is 355 g/mol. The Labute approximate surface area is 163 Å². The molecule has 6 rings (SSSR count). The molecule has 2 aromatic carbocycles. The zero-order valence-electron chi connectivity index (χ0n) is 15.9. The standard InChI is InChI=1S/C22H23FN4O/c1-28-20-7-5-18(6-8-20)27-13-15-2-4-19(27)14-26(12-15)22-24-11-16-10-17(23)3-9-21(16)25-22/h3,5-11,15,19H,2,4,12-14H2,1H3/t15-,19-/m0/s1. The summed E-state index contributed by atoms with van der Waals surface area (Å²) in [5.41, 5.74) is 2.03. The van der Waals surface area contributed by atoms with Crippen molar-refractivity contribution in [3.8, 4) is 5.75 Å². The molecule has 6 heteroatoms. The molecule has 3 fully saturated rings. The van der Waals surface area contributed by atoms with Gasteiger partial charge in [0, 0.05) is 42.9 Å². The van der Waals surface area contributed by atoms with Crippen LogP contribution in [0.3, 0.4) is 0 Å². The molecule has 3 aliphatic heterocycles. The van der Waals surface area contributed by atoms with E-state index >= 15 is 0 Å². The van der Waals surface area contributed by atoms with Gasteiger partial charge in [-0.15, -0.1) is 0 Å². The normalized spacial score (nSPS) is 21.8. The van der Waals surface area contributed by atoms with E-state index in [9.17, 15) is 4.39 Å². The first-order chi connectivity index (χ1) is 13.7. The second kappa shape index (κ2) is 6.93. The van der Waals surface area contributed by atoms with E-state index < -0.39 is 0 Å². The third-order valence-corrected chi connectivity index (χ3v) is 5.93. The number of halogens is 1. The van der Waals surface area contributed by atoms with Crippen molar-refractivity contribution < 1.29 is 9.13 Å². The number of nitrogens with zero attached hydrogens (tertiary/aromatic N) is 4. The number of rotatable bonds is 3. The van der Waals surface area contributed by atoms with Gasteiger partial charge in [-0.3, -0.25) is 0 Å². The third-order valence-electron chi connectivity index (χ3n) is 5.93. The van der Waals surface area contributed by atoms with Crippen molar-refractivity contribution in [1.29, 1.82) is 0 Å². The van der Waals surface area contributed by atoms with Crippen LogP contribution in [0.25, 0.3) is 10.9 Å². The van der Waals surface area contributed by atoms with Gasteiger partial charge in [-0.1, -0.05) is 0 Å². The number of hydrogen-bond acceptors (Lipinski definition) is 5. The molecule has 0 aliphatic carbocycles. The SMILES string of the molecule is COc1ccc(N2C[C@H]3CC[C@H]2CN(c2ncc4cc(F)ccc4n2)C3)cc1. The Kier molecular flexibility index (Phi) is 4.26. The van der Waals surface area contributed by atoms with E-state index in [4.69, 9.17) is 9.72 Å². The maximum atomic E-state index is 13.4. The lowest BCUT2D eigenvalue weighted by molar-refractivity contribution is 0.405. The highest BCUT2D eigenvalue weighted by Crippen LogP contribution is 2.34. The summed E-state index contributed by atoms with van der Waals surface area (Å²) in [6, 6.07) is 13.4. The number of anilines is 2. The van der Waals surface area contributed by atoms with E-state index in [0.29, 0.717) is 12.0 Å². The van der Waals surface area contributed by atoms with Crippen molar-refractivity contribution in [3.63, 3.8) is 0 Å². The van der Waals surface area contributed by atoms with Crippen molar-refractivity contribution in [2.75, 3.05) is 36.5 Å². The Bertz CT molecular complexity index is 993. The summed E-state index contributed by atoms with van der Waals surface area (Å²) < 4.78 is 18.7. The summed E-state index contributed by atoms with van der Waals surface area (Å²) in [4.78, 5) is 14.1. The maximum Gasteiger partial charge on any atom is 0.225 e. The summed E-state index contributed by atoms with van der Waals surface area (Å²) in [7, 11) is 1.69. The molecular formula is C22H23FN4O. The number of fused-ring (bicyclic) bond motifs is 5. The largest absolute Gasteiger partial charge is 0.497 e. The zero-order chi connectivity index (χ0) is 19.1. The average Bonchev–Trinajstić information content (AvgIpc) is 3.05. The molecule has 0 radical (unpaired) electrons.